The summed E-state index contributed by atoms with van der Waals surface area (Å²) in [5.74, 6) is -0.472. The molecule has 0 bridgehead atoms. The summed E-state index contributed by atoms with van der Waals surface area (Å²) in [7, 11) is 0. The second kappa shape index (κ2) is 5.22. The zero-order valence-electron chi connectivity index (χ0n) is 8.56. The molecule has 0 unspecified atom stereocenters. The van der Waals surface area contributed by atoms with Crippen molar-refractivity contribution in [2.75, 3.05) is 19.8 Å². The van der Waals surface area contributed by atoms with Gasteiger partial charge in [-0.25, -0.2) is 0 Å². The van der Waals surface area contributed by atoms with Gasteiger partial charge in [-0.15, -0.1) is 0 Å². The Kier molecular flexibility index (Phi) is 4.22. The topological polar surface area (TPSA) is 77.0 Å². The molecule has 0 aromatic heterocycles. The van der Waals surface area contributed by atoms with Crippen molar-refractivity contribution in [3.8, 4) is 0 Å². The molecule has 1 aliphatic heterocycles. The third-order valence-electron chi connectivity index (χ3n) is 1.73. The van der Waals surface area contributed by atoms with Crippen molar-refractivity contribution in [3.63, 3.8) is 0 Å². The predicted octanol–water partition coefficient (Wildman–Crippen LogP) is -0.656. The summed E-state index contributed by atoms with van der Waals surface area (Å²) in [4.78, 5) is 11.1. The van der Waals surface area contributed by atoms with Crippen LogP contribution in [0.2, 0.25) is 0 Å². The number of rotatable bonds is 4. The van der Waals surface area contributed by atoms with Gasteiger partial charge in [-0.05, 0) is 13.0 Å². The van der Waals surface area contributed by atoms with Crippen molar-refractivity contribution in [2.24, 2.45) is 0 Å². The third-order valence-corrected chi connectivity index (χ3v) is 1.73. The molecule has 1 saturated heterocycles. The minimum Gasteiger partial charge on any atom is -0.388 e. The van der Waals surface area contributed by atoms with E-state index < -0.39 is 18.1 Å². The smallest absolute Gasteiger partial charge is 0.377 e. The first-order valence-electron chi connectivity index (χ1n) is 4.66. The summed E-state index contributed by atoms with van der Waals surface area (Å²) in [5, 5.41) is 11.5. The predicted molar refractivity (Wildman–Crippen MR) is 50.6 cm³/mol. The van der Waals surface area contributed by atoms with E-state index in [1.807, 2.05) is 0 Å². The highest BCUT2D eigenvalue weighted by Crippen LogP contribution is 2.17. The minimum atomic E-state index is -1.60. The summed E-state index contributed by atoms with van der Waals surface area (Å²) >= 11 is 0. The Bertz CT molecular complexity index is 235. The van der Waals surface area contributed by atoms with Gasteiger partial charge in [0, 0.05) is 0 Å². The van der Waals surface area contributed by atoms with Gasteiger partial charge in [-0.2, -0.15) is 0 Å². The molecule has 1 rings (SSSR count). The van der Waals surface area contributed by atoms with E-state index in [0.717, 1.165) is 6.08 Å². The van der Waals surface area contributed by atoms with Crippen molar-refractivity contribution < 1.29 is 24.1 Å². The van der Waals surface area contributed by atoms with Crippen molar-refractivity contribution in [3.05, 3.63) is 12.7 Å². The van der Waals surface area contributed by atoms with Crippen LogP contribution < -0.4 is 5.32 Å². The average Bonchev–Trinajstić information content (AvgIpc) is 2.23. The number of carbonyl (C=O) groups excluding carboxylic acids is 1. The van der Waals surface area contributed by atoms with Gasteiger partial charge in [0.25, 0.3) is 0 Å². The fourth-order valence-corrected chi connectivity index (χ4v) is 1.09. The molecule has 0 aromatic carbocycles. The zero-order chi connectivity index (χ0) is 11.3. The summed E-state index contributed by atoms with van der Waals surface area (Å²) in [6, 6.07) is 0. The molecule has 86 valence electrons. The van der Waals surface area contributed by atoms with Crippen molar-refractivity contribution in [2.45, 2.75) is 19.1 Å². The monoisotopic (exact) mass is 217 g/mol. The molecule has 6 nitrogen and oxygen atoms in total. The highest BCUT2D eigenvalue weighted by molar-refractivity contribution is 5.87. The molecule has 1 fully saturated rings. The van der Waals surface area contributed by atoms with Crippen LogP contribution >= 0.6 is 0 Å². The fourth-order valence-electron chi connectivity index (χ4n) is 1.09. The van der Waals surface area contributed by atoms with E-state index in [1.54, 1.807) is 6.92 Å². The molecule has 15 heavy (non-hydrogen) atoms. The van der Waals surface area contributed by atoms with Crippen LogP contribution in [0.25, 0.3) is 0 Å². The highest BCUT2D eigenvalue weighted by Gasteiger charge is 2.39. The van der Waals surface area contributed by atoms with E-state index >= 15 is 0 Å². The number of amides is 1. The Balaban J connectivity index is 2.61. The number of ether oxygens (including phenoxy) is 3. The molecular weight excluding hydrogens is 202 g/mol. The Morgan fingerprint density at radius 1 is 1.73 bits per heavy atom. The molecule has 0 aromatic rings. The van der Waals surface area contributed by atoms with Gasteiger partial charge in [-0.1, -0.05) is 6.58 Å². The van der Waals surface area contributed by atoms with Gasteiger partial charge >= 0.3 is 6.10 Å². The Morgan fingerprint density at radius 3 is 2.80 bits per heavy atom. The lowest BCUT2D eigenvalue weighted by atomic mass is 10.4. The van der Waals surface area contributed by atoms with Crippen LogP contribution in [0.1, 0.15) is 6.92 Å². The standard InChI is InChI=1S/C9H15NO5/c1-3-8(12)10-9(13-4-2)14-5-7(11)6-15-9/h3,7,11H,1,4-6H2,2H3,(H,10,12). The third kappa shape index (κ3) is 3.28. The molecule has 1 amide bonds. The van der Waals surface area contributed by atoms with Gasteiger partial charge in [0.2, 0.25) is 5.91 Å². The average molecular weight is 217 g/mol. The van der Waals surface area contributed by atoms with Crippen LogP contribution in [0, 0.1) is 0 Å². The normalized spacial score (nSPS) is 30.9. The van der Waals surface area contributed by atoms with E-state index in [4.69, 9.17) is 19.3 Å². The molecular formula is C9H15NO5. The van der Waals surface area contributed by atoms with Crippen molar-refractivity contribution in [1.29, 1.82) is 0 Å². The Hall–Kier alpha value is -0.950. The van der Waals surface area contributed by atoms with E-state index in [2.05, 4.69) is 11.9 Å². The fraction of sp³-hybridized carbons (Fsp3) is 0.667. The molecule has 0 spiro atoms. The lowest BCUT2D eigenvalue weighted by Crippen LogP contribution is -2.59. The van der Waals surface area contributed by atoms with E-state index in [0.29, 0.717) is 6.61 Å². The quantitative estimate of drug-likeness (QED) is 0.483. The number of aliphatic hydroxyl groups is 1. The van der Waals surface area contributed by atoms with Crippen molar-refractivity contribution in [1.82, 2.24) is 5.32 Å². The van der Waals surface area contributed by atoms with Gasteiger partial charge in [-0.3, -0.25) is 10.1 Å². The van der Waals surface area contributed by atoms with Gasteiger partial charge in [0.1, 0.15) is 6.10 Å². The van der Waals surface area contributed by atoms with Crippen LogP contribution in [0.5, 0.6) is 0 Å². The van der Waals surface area contributed by atoms with E-state index in [1.165, 1.54) is 0 Å². The zero-order valence-corrected chi connectivity index (χ0v) is 8.56. The summed E-state index contributed by atoms with van der Waals surface area (Å²) in [5.41, 5.74) is 0. The van der Waals surface area contributed by atoms with Crippen LogP contribution in [0.4, 0.5) is 0 Å². The molecule has 0 radical (unpaired) electrons. The molecule has 0 aliphatic carbocycles. The van der Waals surface area contributed by atoms with Crippen molar-refractivity contribution >= 4 is 5.91 Å². The van der Waals surface area contributed by atoms with Crippen LogP contribution in [0.15, 0.2) is 12.7 Å². The second-order valence-electron chi connectivity index (χ2n) is 2.96. The maximum Gasteiger partial charge on any atom is 0.377 e. The second-order valence-corrected chi connectivity index (χ2v) is 2.96. The minimum absolute atomic E-state index is 0.0391. The van der Waals surface area contributed by atoms with E-state index in [-0.39, 0.29) is 13.2 Å². The molecule has 0 atom stereocenters. The molecule has 1 heterocycles. The number of nitrogens with one attached hydrogen (secondary N) is 1. The van der Waals surface area contributed by atoms with Gasteiger partial charge in [0.05, 0.1) is 19.8 Å². The largest absolute Gasteiger partial charge is 0.388 e. The number of aliphatic hydroxyl groups excluding tert-OH is 1. The maximum absolute atomic E-state index is 11.1. The lowest BCUT2D eigenvalue weighted by Gasteiger charge is -2.37. The first-order chi connectivity index (χ1) is 7.12. The molecule has 1 aliphatic rings. The summed E-state index contributed by atoms with van der Waals surface area (Å²) in [6.45, 7) is 5.42. The Morgan fingerprint density at radius 2 is 2.33 bits per heavy atom. The van der Waals surface area contributed by atoms with E-state index in [9.17, 15) is 4.79 Å². The lowest BCUT2D eigenvalue weighted by molar-refractivity contribution is -0.420. The van der Waals surface area contributed by atoms with Gasteiger partial charge < -0.3 is 19.3 Å². The molecule has 2 N–H and O–H groups in total. The maximum atomic E-state index is 11.1. The van der Waals surface area contributed by atoms with Gasteiger partial charge in [0.15, 0.2) is 0 Å². The van der Waals surface area contributed by atoms with Crippen LogP contribution in [-0.4, -0.2) is 43.0 Å². The summed E-state index contributed by atoms with van der Waals surface area (Å²) < 4.78 is 15.4. The number of hydrogen-bond donors (Lipinski definition) is 2. The first-order valence-corrected chi connectivity index (χ1v) is 4.66. The first kappa shape index (κ1) is 12.1. The number of hydrogen-bond acceptors (Lipinski definition) is 5. The highest BCUT2D eigenvalue weighted by atomic mass is 16.9. The van der Waals surface area contributed by atoms with Crippen LogP contribution in [0.3, 0.4) is 0 Å². The van der Waals surface area contributed by atoms with Crippen LogP contribution in [-0.2, 0) is 19.0 Å². The molecule has 6 heteroatoms. The number of carbonyl (C=O) groups is 1. The SMILES string of the molecule is C=CC(=O)NC1(OCC)OCC(O)CO1. The molecule has 0 saturated carbocycles. The Labute approximate surface area is 87.8 Å². The summed E-state index contributed by atoms with van der Waals surface area (Å²) in [6.07, 6.45) is -1.23.